The van der Waals surface area contributed by atoms with Gasteiger partial charge in [0.2, 0.25) is 0 Å². The number of hydrogen-bond donors (Lipinski definition) is 1. The SMILES string of the molecule is N#Cc1ccc2c(c1)OCC21COC(=O)N1. The van der Waals surface area contributed by atoms with E-state index in [9.17, 15) is 4.79 Å². The first-order chi connectivity index (χ1) is 7.73. The van der Waals surface area contributed by atoms with Gasteiger partial charge in [-0.25, -0.2) is 4.79 Å². The standard InChI is InChI=1S/C11H8N2O3/c12-4-7-1-2-8-9(3-7)15-5-11(8)6-16-10(14)13-11/h1-3H,5-6H2,(H,13,14). The molecule has 2 aliphatic heterocycles. The summed E-state index contributed by atoms with van der Waals surface area (Å²) in [5.74, 6) is 0.643. The number of nitriles is 1. The van der Waals surface area contributed by atoms with Crippen molar-refractivity contribution in [3.05, 3.63) is 29.3 Å². The Hall–Kier alpha value is -2.22. The average Bonchev–Trinajstić information content (AvgIpc) is 2.85. The molecule has 5 heteroatoms. The van der Waals surface area contributed by atoms with Crippen LogP contribution >= 0.6 is 0 Å². The Labute approximate surface area is 91.6 Å². The number of carbonyl (C=O) groups is 1. The molecular formula is C11H8N2O3. The lowest BCUT2D eigenvalue weighted by Gasteiger charge is -2.17. The van der Waals surface area contributed by atoms with Gasteiger partial charge in [0, 0.05) is 5.56 Å². The molecule has 1 amide bonds. The normalized spacial score (nSPS) is 25.6. The fourth-order valence-corrected chi connectivity index (χ4v) is 2.06. The van der Waals surface area contributed by atoms with Gasteiger partial charge in [0.25, 0.3) is 0 Å². The molecule has 0 saturated carbocycles. The molecule has 1 aromatic rings. The number of amides is 1. The fraction of sp³-hybridized carbons (Fsp3) is 0.273. The number of fused-ring (bicyclic) bond motifs is 2. The first kappa shape index (κ1) is 9.04. The molecule has 1 saturated heterocycles. The van der Waals surface area contributed by atoms with E-state index < -0.39 is 11.6 Å². The van der Waals surface area contributed by atoms with Crippen molar-refractivity contribution in [3.8, 4) is 11.8 Å². The third-order valence-electron chi connectivity index (χ3n) is 2.89. The van der Waals surface area contributed by atoms with Crippen LogP contribution in [0.15, 0.2) is 18.2 Å². The van der Waals surface area contributed by atoms with E-state index in [0.29, 0.717) is 17.9 Å². The number of nitrogens with zero attached hydrogens (tertiary/aromatic N) is 1. The number of benzene rings is 1. The second-order valence-electron chi connectivity index (χ2n) is 3.89. The Bertz CT molecular complexity index is 520. The molecule has 2 heterocycles. The van der Waals surface area contributed by atoms with Crippen molar-refractivity contribution in [2.24, 2.45) is 0 Å². The van der Waals surface area contributed by atoms with Crippen LogP contribution in [0.3, 0.4) is 0 Å². The van der Waals surface area contributed by atoms with Crippen LogP contribution in [-0.2, 0) is 10.3 Å². The summed E-state index contributed by atoms with van der Waals surface area (Å²) in [6, 6.07) is 7.23. The minimum Gasteiger partial charge on any atom is -0.490 e. The predicted octanol–water partition coefficient (Wildman–Crippen LogP) is 0.886. The molecule has 5 nitrogen and oxygen atoms in total. The highest BCUT2D eigenvalue weighted by atomic mass is 16.6. The van der Waals surface area contributed by atoms with Gasteiger partial charge < -0.3 is 14.8 Å². The Kier molecular flexibility index (Phi) is 1.63. The molecule has 1 aromatic carbocycles. The number of rotatable bonds is 0. The first-order valence-electron chi connectivity index (χ1n) is 4.86. The van der Waals surface area contributed by atoms with E-state index >= 15 is 0 Å². The second kappa shape index (κ2) is 2.89. The van der Waals surface area contributed by atoms with Crippen molar-refractivity contribution in [1.82, 2.24) is 5.32 Å². The Morgan fingerprint density at radius 2 is 2.19 bits per heavy atom. The largest absolute Gasteiger partial charge is 0.490 e. The highest BCUT2D eigenvalue weighted by molar-refractivity contribution is 5.72. The van der Waals surface area contributed by atoms with Crippen molar-refractivity contribution in [2.75, 3.05) is 13.2 Å². The number of cyclic esters (lactones) is 1. The Morgan fingerprint density at radius 3 is 2.88 bits per heavy atom. The van der Waals surface area contributed by atoms with E-state index in [1.54, 1.807) is 18.2 Å². The third kappa shape index (κ3) is 1.07. The van der Waals surface area contributed by atoms with Crippen LogP contribution in [0, 0.1) is 11.3 Å². The van der Waals surface area contributed by atoms with Crippen molar-refractivity contribution in [3.63, 3.8) is 0 Å². The zero-order valence-corrected chi connectivity index (χ0v) is 8.32. The Morgan fingerprint density at radius 1 is 1.38 bits per heavy atom. The lowest BCUT2D eigenvalue weighted by atomic mass is 9.93. The van der Waals surface area contributed by atoms with E-state index in [1.807, 2.05) is 6.07 Å². The maximum absolute atomic E-state index is 11.1. The maximum Gasteiger partial charge on any atom is 0.408 e. The van der Waals surface area contributed by atoms with E-state index in [4.69, 9.17) is 14.7 Å². The van der Waals surface area contributed by atoms with Crippen molar-refractivity contribution < 1.29 is 14.3 Å². The zero-order chi connectivity index (χ0) is 11.2. The van der Waals surface area contributed by atoms with Crippen LogP contribution < -0.4 is 10.1 Å². The molecule has 1 N–H and O–H groups in total. The topological polar surface area (TPSA) is 71.3 Å². The van der Waals surface area contributed by atoms with E-state index in [0.717, 1.165) is 5.56 Å². The number of nitrogens with one attached hydrogen (secondary N) is 1. The molecule has 1 unspecified atom stereocenters. The minimum absolute atomic E-state index is 0.269. The van der Waals surface area contributed by atoms with Gasteiger partial charge in [-0.1, -0.05) is 6.07 Å². The van der Waals surface area contributed by atoms with Gasteiger partial charge in [-0.2, -0.15) is 5.26 Å². The summed E-state index contributed by atoms with van der Waals surface area (Å²) < 4.78 is 10.4. The van der Waals surface area contributed by atoms with Gasteiger partial charge in [-0.3, -0.25) is 0 Å². The van der Waals surface area contributed by atoms with E-state index in [1.165, 1.54) is 0 Å². The van der Waals surface area contributed by atoms with E-state index in [-0.39, 0.29) is 6.61 Å². The van der Waals surface area contributed by atoms with Gasteiger partial charge >= 0.3 is 6.09 Å². The number of hydrogen-bond acceptors (Lipinski definition) is 4. The molecule has 1 spiro atoms. The highest BCUT2D eigenvalue weighted by Crippen LogP contribution is 2.39. The molecular weight excluding hydrogens is 208 g/mol. The van der Waals surface area contributed by atoms with Crippen LogP contribution in [0.4, 0.5) is 4.79 Å². The maximum atomic E-state index is 11.1. The van der Waals surface area contributed by atoms with Crippen molar-refractivity contribution in [1.29, 1.82) is 5.26 Å². The third-order valence-corrected chi connectivity index (χ3v) is 2.89. The van der Waals surface area contributed by atoms with Gasteiger partial charge in [0.15, 0.2) is 0 Å². The molecule has 80 valence electrons. The van der Waals surface area contributed by atoms with Gasteiger partial charge in [-0.05, 0) is 12.1 Å². The van der Waals surface area contributed by atoms with Crippen LogP contribution in [-0.4, -0.2) is 19.3 Å². The molecule has 3 rings (SSSR count). The van der Waals surface area contributed by atoms with Gasteiger partial charge in [-0.15, -0.1) is 0 Å². The summed E-state index contributed by atoms with van der Waals surface area (Å²) in [4.78, 5) is 11.1. The average molecular weight is 216 g/mol. The fourth-order valence-electron chi connectivity index (χ4n) is 2.06. The molecule has 16 heavy (non-hydrogen) atoms. The van der Waals surface area contributed by atoms with Crippen LogP contribution in [0.25, 0.3) is 0 Å². The van der Waals surface area contributed by atoms with E-state index in [2.05, 4.69) is 5.32 Å². The molecule has 0 aliphatic carbocycles. The summed E-state index contributed by atoms with van der Waals surface area (Å²) in [5.41, 5.74) is 0.846. The summed E-state index contributed by atoms with van der Waals surface area (Å²) in [7, 11) is 0. The van der Waals surface area contributed by atoms with Crippen LogP contribution in [0.2, 0.25) is 0 Å². The Balaban J connectivity index is 2.07. The second-order valence-corrected chi connectivity index (χ2v) is 3.89. The molecule has 0 radical (unpaired) electrons. The molecule has 0 aromatic heterocycles. The zero-order valence-electron chi connectivity index (χ0n) is 8.32. The first-order valence-corrected chi connectivity index (χ1v) is 4.86. The summed E-state index contributed by atoms with van der Waals surface area (Å²) in [6.45, 7) is 0.619. The lowest BCUT2D eigenvalue weighted by molar-refractivity contribution is 0.167. The monoisotopic (exact) mass is 216 g/mol. The van der Waals surface area contributed by atoms with Gasteiger partial charge in [0.1, 0.15) is 24.5 Å². The summed E-state index contributed by atoms with van der Waals surface area (Å²) >= 11 is 0. The number of alkyl carbamates (subject to hydrolysis) is 1. The molecule has 2 aliphatic rings. The van der Waals surface area contributed by atoms with Crippen LogP contribution in [0.5, 0.6) is 5.75 Å². The number of carbonyl (C=O) groups excluding carboxylic acids is 1. The summed E-state index contributed by atoms with van der Waals surface area (Å²) in [5, 5.41) is 11.5. The summed E-state index contributed by atoms with van der Waals surface area (Å²) in [6.07, 6.45) is -0.430. The smallest absolute Gasteiger partial charge is 0.408 e. The van der Waals surface area contributed by atoms with Gasteiger partial charge in [0.05, 0.1) is 11.6 Å². The number of ether oxygens (including phenoxy) is 2. The molecule has 0 bridgehead atoms. The highest BCUT2D eigenvalue weighted by Gasteiger charge is 2.47. The quantitative estimate of drug-likeness (QED) is 0.699. The van der Waals surface area contributed by atoms with Crippen LogP contribution in [0.1, 0.15) is 11.1 Å². The predicted molar refractivity (Wildman–Crippen MR) is 52.8 cm³/mol. The van der Waals surface area contributed by atoms with Crippen molar-refractivity contribution in [2.45, 2.75) is 5.54 Å². The molecule has 1 atom stereocenters. The lowest BCUT2D eigenvalue weighted by Crippen LogP contribution is -2.41. The van der Waals surface area contributed by atoms with Crippen molar-refractivity contribution >= 4 is 6.09 Å². The molecule has 1 fully saturated rings. The minimum atomic E-state index is -0.569.